The molecule has 0 unspecified atom stereocenters. The quantitative estimate of drug-likeness (QED) is 0.669. The Morgan fingerprint density at radius 3 is 2.76 bits per heavy atom. The van der Waals surface area contributed by atoms with Crippen LogP contribution in [0.25, 0.3) is 0 Å². The normalized spacial score (nSPS) is 10.0. The molecule has 0 saturated carbocycles. The maximum atomic E-state index is 11.7. The van der Waals surface area contributed by atoms with Crippen molar-refractivity contribution in [2.24, 2.45) is 5.73 Å². The van der Waals surface area contributed by atoms with Crippen molar-refractivity contribution in [3.05, 3.63) is 33.8 Å². The van der Waals surface area contributed by atoms with E-state index < -0.39 is 0 Å². The van der Waals surface area contributed by atoms with E-state index in [1.165, 1.54) is 0 Å². The minimum atomic E-state index is -0.389. The Labute approximate surface area is 108 Å². The van der Waals surface area contributed by atoms with Crippen molar-refractivity contribution >= 4 is 27.8 Å². The summed E-state index contributed by atoms with van der Waals surface area (Å²) in [4.78, 5) is 22.2. The molecule has 0 aliphatic heterocycles. The third-order valence-corrected chi connectivity index (χ3v) is 3.15. The van der Waals surface area contributed by atoms with Gasteiger partial charge in [-0.05, 0) is 31.0 Å². The van der Waals surface area contributed by atoms with E-state index in [9.17, 15) is 9.59 Å². The van der Waals surface area contributed by atoms with Gasteiger partial charge in [-0.1, -0.05) is 22.0 Å². The van der Waals surface area contributed by atoms with Gasteiger partial charge in [0, 0.05) is 10.9 Å². The van der Waals surface area contributed by atoms with Crippen LogP contribution in [0.15, 0.2) is 22.7 Å². The zero-order valence-electron chi connectivity index (χ0n) is 9.53. The molecule has 92 valence electrons. The summed E-state index contributed by atoms with van der Waals surface area (Å²) in [5, 5.41) is 0. The van der Waals surface area contributed by atoms with Gasteiger partial charge in [0.05, 0.1) is 12.2 Å². The highest BCUT2D eigenvalue weighted by Gasteiger charge is 2.11. The summed E-state index contributed by atoms with van der Waals surface area (Å²) in [6.07, 6.45) is 0.679. The van der Waals surface area contributed by atoms with E-state index in [0.717, 1.165) is 10.0 Å². The number of esters is 1. The van der Waals surface area contributed by atoms with Gasteiger partial charge in [-0.2, -0.15) is 0 Å². The van der Waals surface area contributed by atoms with Gasteiger partial charge in [0.2, 0.25) is 5.91 Å². The van der Waals surface area contributed by atoms with Crippen molar-refractivity contribution in [2.45, 2.75) is 19.8 Å². The fourth-order valence-electron chi connectivity index (χ4n) is 1.32. The minimum absolute atomic E-state index is 0.202. The van der Waals surface area contributed by atoms with Crippen LogP contribution in [0.2, 0.25) is 0 Å². The van der Waals surface area contributed by atoms with Gasteiger partial charge in [-0.15, -0.1) is 0 Å². The number of carbonyl (C=O) groups is 2. The van der Waals surface area contributed by atoms with Gasteiger partial charge in [-0.3, -0.25) is 4.79 Å². The third kappa shape index (κ3) is 4.19. The Hall–Kier alpha value is -1.36. The van der Waals surface area contributed by atoms with Gasteiger partial charge in [0.1, 0.15) is 0 Å². The molecule has 0 fully saturated rings. The average Bonchev–Trinajstić information content (AvgIpc) is 2.27. The van der Waals surface area contributed by atoms with Crippen molar-refractivity contribution in [1.29, 1.82) is 0 Å². The first-order valence-corrected chi connectivity index (χ1v) is 6.02. The van der Waals surface area contributed by atoms with E-state index in [-0.39, 0.29) is 24.9 Å². The Balaban J connectivity index is 2.53. The molecule has 5 heteroatoms. The third-order valence-electron chi connectivity index (χ3n) is 2.29. The number of hydrogen-bond acceptors (Lipinski definition) is 3. The monoisotopic (exact) mass is 299 g/mol. The number of amides is 1. The first-order valence-electron chi connectivity index (χ1n) is 5.23. The number of hydrogen-bond donors (Lipinski definition) is 1. The van der Waals surface area contributed by atoms with Crippen LogP contribution in [0.3, 0.4) is 0 Å². The molecule has 4 nitrogen and oxygen atoms in total. The fourth-order valence-corrected chi connectivity index (χ4v) is 1.68. The molecular formula is C12H14BrNO3. The Kier molecular flexibility index (Phi) is 5.15. The van der Waals surface area contributed by atoms with Gasteiger partial charge >= 0.3 is 5.97 Å². The lowest BCUT2D eigenvalue weighted by Gasteiger charge is -2.07. The summed E-state index contributed by atoms with van der Waals surface area (Å²) in [7, 11) is 0. The van der Waals surface area contributed by atoms with Crippen molar-refractivity contribution in [2.75, 3.05) is 6.61 Å². The topological polar surface area (TPSA) is 69.4 Å². The summed E-state index contributed by atoms with van der Waals surface area (Å²) < 4.78 is 5.91. The van der Waals surface area contributed by atoms with E-state index >= 15 is 0 Å². The fraction of sp³-hybridized carbons (Fsp3) is 0.333. The molecular weight excluding hydrogens is 286 g/mol. The van der Waals surface area contributed by atoms with Crippen LogP contribution < -0.4 is 5.73 Å². The zero-order valence-corrected chi connectivity index (χ0v) is 11.1. The minimum Gasteiger partial charge on any atom is -0.462 e. The number of carbonyl (C=O) groups excluding carboxylic acids is 2. The molecule has 1 rings (SSSR count). The molecule has 0 aliphatic rings. The summed E-state index contributed by atoms with van der Waals surface area (Å²) in [6, 6.07) is 5.34. The smallest absolute Gasteiger partial charge is 0.338 e. The molecule has 17 heavy (non-hydrogen) atoms. The molecule has 1 amide bonds. The number of primary amides is 1. The second-order valence-electron chi connectivity index (χ2n) is 3.62. The summed E-state index contributed by atoms with van der Waals surface area (Å²) in [6.45, 7) is 2.04. The second kappa shape index (κ2) is 6.39. The van der Waals surface area contributed by atoms with Gasteiger partial charge in [0.15, 0.2) is 0 Å². The van der Waals surface area contributed by atoms with Crippen molar-refractivity contribution in [1.82, 2.24) is 0 Å². The lowest BCUT2D eigenvalue weighted by atomic mass is 10.1. The van der Waals surface area contributed by atoms with E-state index in [1.807, 2.05) is 13.0 Å². The zero-order chi connectivity index (χ0) is 12.8. The average molecular weight is 300 g/mol. The molecule has 0 aromatic heterocycles. The number of rotatable bonds is 5. The Bertz CT molecular complexity index is 432. The predicted molar refractivity (Wildman–Crippen MR) is 67.6 cm³/mol. The number of benzene rings is 1. The summed E-state index contributed by atoms with van der Waals surface area (Å²) in [5.41, 5.74) is 6.35. The molecule has 1 aromatic carbocycles. The van der Waals surface area contributed by atoms with E-state index in [2.05, 4.69) is 15.9 Å². The van der Waals surface area contributed by atoms with Crippen LogP contribution in [0.1, 0.15) is 28.8 Å². The number of nitrogens with two attached hydrogens (primary N) is 1. The summed E-state index contributed by atoms with van der Waals surface area (Å²) in [5.74, 6) is -0.770. The lowest BCUT2D eigenvalue weighted by molar-refractivity contribution is -0.118. The molecule has 0 saturated heterocycles. The van der Waals surface area contributed by atoms with Gasteiger partial charge in [-0.25, -0.2) is 4.79 Å². The van der Waals surface area contributed by atoms with Crippen molar-refractivity contribution in [3.8, 4) is 0 Å². The lowest BCUT2D eigenvalue weighted by Crippen LogP contribution is -2.13. The highest BCUT2D eigenvalue weighted by molar-refractivity contribution is 9.10. The highest BCUT2D eigenvalue weighted by atomic mass is 79.9. The predicted octanol–water partition coefficient (Wildman–Crippen LogP) is 2.18. The molecule has 0 spiro atoms. The van der Waals surface area contributed by atoms with E-state index in [4.69, 9.17) is 10.5 Å². The highest BCUT2D eigenvalue weighted by Crippen LogP contribution is 2.20. The first-order chi connectivity index (χ1) is 8.02. The molecule has 0 bridgehead atoms. The van der Waals surface area contributed by atoms with Crippen LogP contribution in [0, 0.1) is 6.92 Å². The molecule has 0 radical (unpaired) electrons. The van der Waals surface area contributed by atoms with Crippen LogP contribution >= 0.6 is 15.9 Å². The van der Waals surface area contributed by atoms with Gasteiger partial charge in [0.25, 0.3) is 0 Å². The van der Waals surface area contributed by atoms with Crippen LogP contribution in [0.4, 0.5) is 0 Å². The van der Waals surface area contributed by atoms with Crippen LogP contribution in [-0.2, 0) is 9.53 Å². The molecule has 0 aliphatic carbocycles. The molecule has 0 heterocycles. The summed E-state index contributed by atoms with van der Waals surface area (Å²) >= 11 is 3.35. The van der Waals surface area contributed by atoms with E-state index in [1.54, 1.807) is 12.1 Å². The Morgan fingerprint density at radius 1 is 1.41 bits per heavy atom. The molecule has 1 aromatic rings. The maximum Gasteiger partial charge on any atom is 0.338 e. The Morgan fingerprint density at radius 2 is 2.12 bits per heavy atom. The molecule has 2 N–H and O–H groups in total. The van der Waals surface area contributed by atoms with Crippen LogP contribution in [-0.4, -0.2) is 18.5 Å². The number of halogens is 1. The number of ether oxygens (including phenoxy) is 1. The van der Waals surface area contributed by atoms with Crippen molar-refractivity contribution in [3.63, 3.8) is 0 Å². The van der Waals surface area contributed by atoms with E-state index in [0.29, 0.717) is 12.0 Å². The molecule has 0 atom stereocenters. The second-order valence-corrected chi connectivity index (χ2v) is 4.47. The van der Waals surface area contributed by atoms with Crippen molar-refractivity contribution < 1.29 is 14.3 Å². The maximum absolute atomic E-state index is 11.7. The van der Waals surface area contributed by atoms with Gasteiger partial charge < -0.3 is 10.5 Å². The standard InChI is InChI=1S/C12H14BrNO3/c1-8-9(4-2-5-10(8)13)12(16)17-7-3-6-11(14)15/h2,4-5H,3,6-7H2,1H3,(H2,14,15). The largest absolute Gasteiger partial charge is 0.462 e. The van der Waals surface area contributed by atoms with Crippen LogP contribution in [0.5, 0.6) is 0 Å². The SMILES string of the molecule is Cc1c(Br)cccc1C(=O)OCCCC(N)=O. The first kappa shape index (κ1) is 13.7.